The summed E-state index contributed by atoms with van der Waals surface area (Å²) in [5, 5.41) is 8.95. The Labute approximate surface area is 94.6 Å². The van der Waals surface area contributed by atoms with Crippen molar-refractivity contribution >= 4 is 11.8 Å². The number of nitrogens with two attached hydrogens (primary N) is 2. The van der Waals surface area contributed by atoms with Gasteiger partial charge in [-0.1, -0.05) is 25.6 Å². The van der Waals surface area contributed by atoms with Crippen LogP contribution in [0.4, 0.5) is 0 Å². The molecule has 0 amide bonds. The van der Waals surface area contributed by atoms with Crippen LogP contribution >= 0.6 is 11.8 Å². The van der Waals surface area contributed by atoms with Gasteiger partial charge in [0.05, 0.1) is 0 Å². The van der Waals surface area contributed by atoms with Crippen molar-refractivity contribution < 1.29 is 0 Å². The van der Waals surface area contributed by atoms with Gasteiger partial charge in [0.15, 0.2) is 5.82 Å². The van der Waals surface area contributed by atoms with E-state index in [1.807, 2.05) is 0 Å². The molecule has 4 N–H and O–H groups in total. The molecule has 1 aromatic rings. The Morgan fingerprint density at radius 3 is 2.53 bits per heavy atom. The predicted molar refractivity (Wildman–Crippen MR) is 63.3 cm³/mol. The highest BCUT2D eigenvalue weighted by Crippen LogP contribution is 2.23. The van der Waals surface area contributed by atoms with E-state index in [4.69, 9.17) is 11.6 Å². The smallest absolute Gasteiger partial charge is 0.209 e. The van der Waals surface area contributed by atoms with Crippen LogP contribution in [0.2, 0.25) is 0 Å². The fourth-order valence-corrected chi connectivity index (χ4v) is 2.10. The molecule has 5 nitrogen and oxygen atoms in total. The number of rotatable bonds is 6. The van der Waals surface area contributed by atoms with Crippen LogP contribution < -0.4 is 11.6 Å². The van der Waals surface area contributed by atoms with Gasteiger partial charge in [-0.15, -0.1) is 10.2 Å². The fourth-order valence-electron chi connectivity index (χ4n) is 1.47. The second-order valence-corrected chi connectivity index (χ2v) is 4.42. The van der Waals surface area contributed by atoms with Crippen LogP contribution in [0.15, 0.2) is 5.16 Å². The van der Waals surface area contributed by atoms with Gasteiger partial charge in [-0.3, -0.25) is 0 Å². The zero-order valence-corrected chi connectivity index (χ0v) is 10.1. The second kappa shape index (κ2) is 5.97. The molecule has 0 atom stereocenters. The van der Waals surface area contributed by atoms with Gasteiger partial charge in [-0.05, 0) is 12.8 Å². The van der Waals surface area contributed by atoms with Crippen molar-refractivity contribution in [2.75, 3.05) is 18.1 Å². The number of thioether (sulfide) groups is 1. The summed E-state index contributed by atoms with van der Waals surface area (Å²) in [6, 6.07) is 0. The van der Waals surface area contributed by atoms with E-state index in [0.717, 1.165) is 29.6 Å². The maximum atomic E-state index is 5.93. The van der Waals surface area contributed by atoms with Gasteiger partial charge < -0.3 is 11.6 Å². The van der Waals surface area contributed by atoms with Gasteiger partial charge in [0.1, 0.15) is 0 Å². The summed E-state index contributed by atoms with van der Waals surface area (Å²) in [5.74, 6) is 8.02. The summed E-state index contributed by atoms with van der Waals surface area (Å²) in [7, 11) is 0. The molecule has 0 bridgehead atoms. The van der Waals surface area contributed by atoms with E-state index in [1.54, 1.807) is 16.4 Å². The highest BCUT2D eigenvalue weighted by molar-refractivity contribution is 7.99. The first kappa shape index (κ1) is 12.3. The van der Waals surface area contributed by atoms with Gasteiger partial charge in [0.25, 0.3) is 0 Å². The number of nitrogen functional groups attached to an aromatic ring is 1. The molecule has 0 radical (unpaired) electrons. The van der Waals surface area contributed by atoms with Crippen LogP contribution in [0.25, 0.3) is 0 Å². The molecule has 0 saturated heterocycles. The number of hydrogen-bond acceptors (Lipinski definition) is 5. The van der Waals surface area contributed by atoms with Gasteiger partial charge in [-0.25, -0.2) is 4.68 Å². The van der Waals surface area contributed by atoms with E-state index < -0.39 is 0 Å². The lowest BCUT2D eigenvalue weighted by molar-refractivity contribution is 0.578. The van der Waals surface area contributed by atoms with E-state index >= 15 is 0 Å². The van der Waals surface area contributed by atoms with E-state index in [-0.39, 0.29) is 0 Å². The van der Waals surface area contributed by atoms with E-state index in [2.05, 4.69) is 24.0 Å². The Morgan fingerprint density at radius 1 is 1.33 bits per heavy atom. The Hall–Kier alpha value is -0.750. The molecule has 1 heterocycles. The molecule has 0 saturated carbocycles. The van der Waals surface area contributed by atoms with Crippen LogP contribution in [0.3, 0.4) is 0 Å². The summed E-state index contributed by atoms with van der Waals surface area (Å²) in [4.78, 5) is 0. The van der Waals surface area contributed by atoms with Crippen molar-refractivity contribution in [1.29, 1.82) is 0 Å². The van der Waals surface area contributed by atoms with E-state index in [1.165, 1.54) is 0 Å². The third-order valence-electron chi connectivity index (χ3n) is 2.39. The molecule has 0 aliphatic rings. The molecule has 1 rings (SSSR count). The van der Waals surface area contributed by atoms with Crippen molar-refractivity contribution in [1.82, 2.24) is 14.9 Å². The van der Waals surface area contributed by atoms with Crippen LogP contribution in [-0.4, -0.2) is 27.2 Å². The molecule has 6 heteroatoms. The first-order valence-corrected chi connectivity index (χ1v) is 6.26. The highest BCUT2D eigenvalue weighted by atomic mass is 32.2. The standard InChI is InChI=1S/C9H19N5S/c1-3-7(4-2)8-12-13-9(14(8)11)15-6-5-10/h7H,3-6,10-11H2,1-2H3. The minimum Gasteiger partial charge on any atom is -0.336 e. The number of nitrogens with zero attached hydrogens (tertiary/aromatic N) is 3. The molecular weight excluding hydrogens is 210 g/mol. The number of hydrogen-bond donors (Lipinski definition) is 2. The van der Waals surface area contributed by atoms with Crippen LogP contribution in [-0.2, 0) is 0 Å². The molecule has 0 aromatic carbocycles. The topological polar surface area (TPSA) is 82.8 Å². The van der Waals surface area contributed by atoms with E-state index in [0.29, 0.717) is 12.5 Å². The van der Waals surface area contributed by atoms with Gasteiger partial charge in [-0.2, -0.15) is 0 Å². The maximum Gasteiger partial charge on any atom is 0.209 e. The summed E-state index contributed by atoms with van der Waals surface area (Å²) < 4.78 is 1.60. The zero-order chi connectivity index (χ0) is 11.3. The van der Waals surface area contributed by atoms with Crippen molar-refractivity contribution in [2.45, 2.75) is 37.8 Å². The van der Waals surface area contributed by atoms with Gasteiger partial charge >= 0.3 is 0 Å². The highest BCUT2D eigenvalue weighted by Gasteiger charge is 2.16. The quantitative estimate of drug-likeness (QED) is 0.560. The first-order valence-electron chi connectivity index (χ1n) is 5.27. The Morgan fingerprint density at radius 2 is 2.00 bits per heavy atom. The summed E-state index contributed by atoms with van der Waals surface area (Å²) in [6.45, 7) is 4.89. The zero-order valence-electron chi connectivity index (χ0n) is 9.31. The van der Waals surface area contributed by atoms with Crippen LogP contribution in [0, 0.1) is 0 Å². The Balaban J connectivity index is 2.78. The van der Waals surface area contributed by atoms with Crippen LogP contribution in [0.1, 0.15) is 38.4 Å². The third kappa shape index (κ3) is 2.85. The fraction of sp³-hybridized carbons (Fsp3) is 0.778. The lowest BCUT2D eigenvalue weighted by atomic mass is 10.0. The molecule has 0 aliphatic carbocycles. The monoisotopic (exact) mass is 229 g/mol. The average molecular weight is 229 g/mol. The normalized spacial score (nSPS) is 11.2. The van der Waals surface area contributed by atoms with Gasteiger partial charge in [0.2, 0.25) is 5.16 Å². The molecule has 15 heavy (non-hydrogen) atoms. The van der Waals surface area contributed by atoms with Crippen molar-refractivity contribution in [3.8, 4) is 0 Å². The molecule has 0 aliphatic heterocycles. The number of aromatic nitrogens is 3. The summed E-state index contributed by atoms with van der Waals surface area (Å²) >= 11 is 1.55. The maximum absolute atomic E-state index is 5.93. The average Bonchev–Trinajstić information content (AvgIpc) is 2.60. The molecule has 1 aromatic heterocycles. The Kier molecular flexibility index (Phi) is 4.90. The molecule has 0 spiro atoms. The largest absolute Gasteiger partial charge is 0.336 e. The molecule has 0 fully saturated rings. The lowest BCUT2D eigenvalue weighted by Gasteiger charge is -2.10. The van der Waals surface area contributed by atoms with Crippen LogP contribution in [0.5, 0.6) is 0 Å². The first-order chi connectivity index (χ1) is 7.24. The second-order valence-electron chi connectivity index (χ2n) is 3.36. The third-order valence-corrected chi connectivity index (χ3v) is 3.37. The van der Waals surface area contributed by atoms with E-state index in [9.17, 15) is 0 Å². The Bertz CT molecular complexity index is 295. The molecule has 0 unspecified atom stereocenters. The SMILES string of the molecule is CCC(CC)c1nnc(SCCN)n1N. The van der Waals surface area contributed by atoms with Crippen molar-refractivity contribution in [2.24, 2.45) is 5.73 Å². The minimum absolute atomic E-state index is 0.398. The van der Waals surface area contributed by atoms with Crippen molar-refractivity contribution in [3.63, 3.8) is 0 Å². The lowest BCUT2D eigenvalue weighted by Crippen LogP contribution is -2.17. The molecular formula is C9H19N5S. The molecule has 86 valence electrons. The van der Waals surface area contributed by atoms with Gasteiger partial charge in [0, 0.05) is 18.2 Å². The predicted octanol–water partition coefficient (Wildman–Crippen LogP) is 0.946. The van der Waals surface area contributed by atoms with Crippen molar-refractivity contribution in [3.05, 3.63) is 5.82 Å². The summed E-state index contributed by atoms with van der Waals surface area (Å²) in [6.07, 6.45) is 2.07. The summed E-state index contributed by atoms with van der Waals surface area (Å²) in [5.41, 5.74) is 5.43. The minimum atomic E-state index is 0.398.